The average Bonchev–Trinajstić information content (AvgIpc) is 3.53. The third-order valence-corrected chi connectivity index (χ3v) is 6.64. The van der Waals surface area contributed by atoms with Crippen molar-refractivity contribution < 1.29 is 14.3 Å². The molecule has 0 spiro atoms. The minimum atomic E-state index is -0.195. The topological polar surface area (TPSA) is 116 Å². The number of anilines is 3. The summed E-state index contributed by atoms with van der Waals surface area (Å²) in [6.45, 7) is 10.5. The number of hydrogen-bond acceptors (Lipinski definition) is 9. The zero-order valence-electron chi connectivity index (χ0n) is 20.7. The fraction of sp³-hybridized carbons (Fsp3) is 0.400. The second-order valence-electron chi connectivity index (χ2n) is 9.87. The Morgan fingerprint density at radius 2 is 2.08 bits per heavy atom. The maximum absolute atomic E-state index is 11.3. The number of amides is 1. The van der Waals surface area contributed by atoms with Crippen molar-refractivity contribution in [3.63, 3.8) is 0 Å². The lowest BCUT2D eigenvalue weighted by Gasteiger charge is -2.21. The molecule has 4 aromatic heterocycles. The molecule has 2 N–H and O–H groups in total. The Hall–Kier alpha value is -3.57. The van der Waals surface area contributed by atoms with Crippen molar-refractivity contribution in [2.75, 3.05) is 23.8 Å². The van der Waals surface area contributed by atoms with Crippen LogP contribution in [0.1, 0.15) is 39.8 Å². The number of hydrogen-bond donors (Lipinski definition) is 2. The highest BCUT2D eigenvalue weighted by Gasteiger charge is 2.25. The normalized spacial score (nSPS) is 15.8. The van der Waals surface area contributed by atoms with Gasteiger partial charge in [-0.05, 0) is 12.5 Å². The summed E-state index contributed by atoms with van der Waals surface area (Å²) in [5.74, 6) is 2.59. The molecule has 1 atom stereocenters. The molecule has 1 aliphatic rings. The molecule has 1 amide bonds. The smallest absolute Gasteiger partial charge is 0.222 e. The number of ether oxygens (including phenoxy) is 2. The number of carbonyl (C=O) groups is 1. The second-order valence-corrected chi connectivity index (χ2v) is 10.9. The number of nitrogens with zero attached hydrogens (tertiary/aromatic N) is 5. The van der Waals surface area contributed by atoms with Gasteiger partial charge in [0.2, 0.25) is 5.91 Å². The lowest BCUT2D eigenvalue weighted by Crippen LogP contribution is -2.21. The van der Waals surface area contributed by atoms with Crippen molar-refractivity contribution in [2.24, 2.45) is 5.92 Å². The zero-order chi connectivity index (χ0) is 25.3. The minimum Gasteiger partial charge on any atom is -0.455 e. The van der Waals surface area contributed by atoms with E-state index in [4.69, 9.17) is 14.6 Å². The Morgan fingerprint density at radius 3 is 2.83 bits per heavy atom. The lowest BCUT2D eigenvalue weighted by atomic mass is 9.92. The number of fused-ring (bicyclic) bond motifs is 1. The summed E-state index contributed by atoms with van der Waals surface area (Å²) in [5, 5.41) is 11.6. The molecule has 0 aliphatic carbocycles. The van der Waals surface area contributed by atoms with Crippen LogP contribution in [0.3, 0.4) is 0 Å². The van der Waals surface area contributed by atoms with Crippen LogP contribution in [0.2, 0.25) is 0 Å². The number of carbonyl (C=O) groups excluding carboxylic acids is 1. The molecule has 5 heterocycles. The molecule has 188 valence electrons. The fourth-order valence-electron chi connectivity index (χ4n) is 4.07. The molecule has 0 aromatic carbocycles. The minimum absolute atomic E-state index is 0.0411. The van der Waals surface area contributed by atoms with E-state index < -0.39 is 0 Å². The molecule has 0 radical (unpaired) electrons. The van der Waals surface area contributed by atoms with E-state index in [1.54, 1.807) is 24.5 Å². The molecule has 36 heavy (non-hydrogen) atoms. The van der Waals surface area contributed by atoms with Crippen molar-refractivity contribution in [1.82, 2.24) is 24.7 Å². The zero-order valence-corrected chi connectivity index (χ0v) is 21.6. The Balaban J connectivity index is 1.34. The third kappa shape index (κ3) is 5.63. The summed E-state index contributed by atoms with van der Waals surface area (Å²) in [7, 11) is 0. The molecular weight excluding hydrogens is 478 g/mol. The summed E-state index contributed by atoms with van der Waals surface area (Å²) < 4.78 is 14.5. The van der Waals surface area contributed by atoms with Crippen LogP contribution in [-0.2, 0) is 21.5 Å². The predicted octanol–water partition coefficient (Wildman–Crippen LogP) is 5.11. The molecule has 5 rings (SSSR count). The van der Waals surface area contributed by atoms with E-state index in [0.717, 1.165) is 36.7 Å². The summed E-state index contributed by atoms with van der Waals surface area (Å²) in [6, 6.07) is 7.37. The van der Waals surface area contributed by atoms with Gasteiger partial charge in [-0.3, -0.25) is 9.48 Å². The van der Waals surface area contributed by atoms with Crippen LogP contribution in [0.4, 0.5) is 16.8 Å². The van der Waals surface area contributed by atoms with Gasteiger partial charge >= 0.3 is 0 Å². The maximum atomic E-state index is 11.3. The van der Waals surface area contributed by atoms with Gasteiger partial charge in [0.25, 0.3) is 0 Å². The Bertz CT molecular complexity index is 1390. The van der Waals surface area contributed by atoms with Crippen molar-refractivity contribution in [3.05, 3.63) is 42.4 Å². The Morgan fingerprint density at radius 1 is 1.22 bits per heavy atom. The van der Waals surface area contributed by atoms with Crippen LogP contribution < -0.4 is 15.4 Å². The summed E-state index contributed by atoms with van der Waals surface area (Å²) in [6.07, 6.45) is 4.26. The molecule has 1 fully saturated rings. The molecule has 4 aromatic rings. The summed E-state index contributed by atoms with van der Waals surface area (Å²) >= 11 is 1.48. The van der Waals surface area contributed by atoms with Crippen molar-refractivity contribution in [2.45, 2.75) is 46.1 Å². The molecule has 11 heteroatoms. The first kappa shape index (κ1) is 24.1. The van der Waals surface area contributed by atoms with Crippen LogP contribution in [0, 0.1) is 5.92 Å². The van der Waals surface area contributed by atoms with Crippen LogP contribution in [0.25, 0.3) is 10.3 Å². The highest BCUT2D eigenvalue weighted by atomic mass is 32.1. The number of thiazole rings is 1. The highest BCUT2D eigenvalue weighted by molar-refractivity contribution is 7.22. The summed E-state index contributed by atoms with van der Waals surface area (Å²) in [5.41, 5.74) is 1.76. The molecule has 1 aliphatic heterocycles. The maximum Gasteiger partial charge on any atom is 0.222 e. The van der Waals surface area contributed by atoms with Crippen LogP contribution in [-0.4, -0.2) is 43.9 Å². The molecule has 1 saturated heterocycles. The van der Waals surface area contributed by atoms with Gasteiger partial charge in [-0.2, -0.15) is 10.1 Å². The van der Waals surface area contributed by atoms with E-state index in [9.17, 15) is 4.79 Å². The third-order valence-electron chi connectivity index (χ3n) is 5.73. The van der Waals surface area contributed by atoms with E-state index in [1.165, 1.54) is 24.0 Å². The Labute approximate surface area is 213 Å². The van der Waals surface area contributed by atoms with Gasteiger partial charge < -0.3 is 20.1 Å². The summed E-state index contributed by atoms with van der Waals surface area (Å²) in [4.78, 5) is 24.5. The van der Waals surface area contributed by atoms with E-state index >= 15 is 0 Å². The van der Waals surface area contributed by atoms with Crippen LogP contribution >= 0.6 is 11.3 Å². The van der Waals surface area contributed by atoms with E-state index in [0.29, 0.717) is 34.0 Å². The number of rotatable bonds is 7. The van der Waals surface area contributed by atoms with Crippen LogP contribution in [0.5, 0.6) is 11.5 Å². The van der Waals surface area contributed by atoms with Gasteiger partial charge in [0.1, 0.15) is 17.3 Å². The first-order valence-corrected chi connectivity index (χ1v) is 12.7. The standard InChI is InChI=1S/C25H29N7O3S/c1-15(33)28-21-10-17(5-7-26-21)35-18-9-19-23(27-12-18)30-24(36-19)29-22-11-20(25(2,3)4)32(31-22)13-16-6-8-34-14-16/h5,7,9-12,16H,6,8,13-14H2,1-4H3,(H,26,28,33)(H,27,29,30,31)/t16-/m1/s1. The lowest BCUT2D eigenvalue weighted by molar-refractivity contribution is -0.114. The predicted molar refractivity (Wildman–Crippen MR) is 139 cm³/mol. The second kappa shape index (κ2) is 9.82. The van der Waals surface area contributed by atoms with Gasteiger partial charge in [0.05, 0.1) is 17.5 Å². The van der Waals surface area contributed by atoms with Crippen molar-refractivity contribution in [3.8, 4) is 11.5 Å². The van der Waals surface area contributed by atoms with Crippen molar-refractivity contribution >= 4 is 44.4 Å². The molecule has 0 bridgehead atoms. The van der Waals surface area contributed by atoms with Gasteiger partial charge in [0, 0.05) is 61.5 Å². The monoisotopic (exact) mass is 507 g/mol. The van der Waals surface area contributed by atoms with Gasteiger partial charge in [0.15, 0.2) is 16.6 Å². The SMILES string of the molecule is CC(=O)Nc1cc(Oc2cnc3nc(Nc4cc(C(C)(C)C)n(C[C@H]5CCOC5)n4)sc3c2)ccn1. The Kier molecular flexibility index (Phi) is 6.59. The highest BCUT2D eigenvalue weighted by Crippen LogP contribution is 2.33. The number of pyridine rings is 2. The first-order chi connectivity index (χ1) is 17.2. The van der Waals surface area contributed by atoms with E-state index in [-0.39, 0.29) is 11.3 Å². The fourth-order valence-corrected chi connectivity index (χ4v) is 4.93. The van der Waals surface area contributed by atoms with E-state index in [2.05, 4.69) is 57.1 Å². The number of nitrogens with one attached hydrogen (secondary N) is 2. The average molecular weight is 508 g/mol. The molecule has 10 nitrogen and oxygen atoms in total. The molecule has 0 unspecified atom stereocenters. The van der Waals surface area contributed by atoms with E-state index in [1.807, 2.05) is 6.07 Å². The number of aromatic nitrogens is 5. The largest absolute Gasteiger partial charge is 0.455 e. The van der Waals surface area contributed by atoms with Crippen molar-refractivity contribution in [1.29, 1.82) is 0 Å². The van der Waals surface area contributed by atoms with Gasteiger partial charge in [-0.15, -0.1) is 0 Å². The van der Waals surface area contributed by atoms with Gasteiger partial charge in [-0.1, -0.05) is 32.1 Å². The van der Waals surface area contributed by atoms with Gasteiger partial charge in [-0.25, -0.2) is 9.97 Å². The molecule has 0 saturated carbocycles. The quantitative estimate of drug-likeness (QED) is 0.354. The first-order valence-electron chi connectivity index (χ1n) is 11.8. The molecular formula is C25H29N7O3S. The van der Waals surface area contributed by atoms with Crippen LogP contribution in [0.15, 0.2) is 36.7 Å².